The van der Waals surface area contributed by atoms with E-state index in [0.717, 1.165) is 25.9 Å². The Morgan fingerprint density at radius 2 is 1.81 bits per heavy atom. The Labute approximate surface area is 125 Å². The summed E-state index contributed by atoms with van der Waals surface area (Å²) >= 11 is 0. The molecule has 2 fully saturated rings. The lowest BCUT2D eigenvalue weighted by Gasteiger charge is -2.37. The van der Waals surface area contributed by atoms with Crippen LogP contribution in [0.15, 0.2) is 0 Å². The average Bonchev–Trinajstić information content (AvgIpc) is 3.00. The van der Waals surface area contributed by atoms with Crippen LogP contribution in [0, 0.1) is 17.3 Å². The molecule has 2 atom stereocenters. The first-order valence-electron chi connectivity index (χ1n) is 7.63. The Morgan fingerprint density at radius 3 is 2.24 bits per heavy atom. The third-order valence-electron chi connectivity index (χ3n) is 5.11. The number of likely N-dealkylation sites (tertiary alicyclic amines) is 1. The van der Waals surface area contributed by atoms with Gasteiger partial charge in [-0.2, -0.15) is 0 Å². The number of carboxylic acid groups (broad SMARTS) is 1. The van der Waals surface area contributed by atoms with Crippen LogP contribution in [0.5, 0.6) is 0 Å². The molecule has 1 amide bonds. The van der Waals surface area contributed by atoms with Crippen LogP contribution < -0.4 is 0 Å². The van der Waals surface area contributed by atoms with Gasteiger partial charge in [0.05, 0.1) is 18.4 Å². The number of carbonyl (C=O) groups excluding carboxylic acids is 1. The summed E-state index contributed by atoms with van der Waals surface area (Å²) < 4.78 is 0. The van der Waals surface area contributed by atoms with Gasteiger partial charge in [-0.15, -0.1) is 0 Å². The number of rotatable bonds is 5. The van der Waals surface area contributed by atoms with E-state index >= 15 is 0 Å². The predicted molar refractivity (Wildman–Crippen MR) is 77.7 cm³/mol. The van der Waals surface area contributed by atoms with Gasteiger partial charge in [0.15, 0.2) is 0 Å². The molecule has 6 heteroatoms. The molecule has 6 nitrogen and oxygen atoms in total. The van der Waals surface area contributed by atoms with Crippen molar-refractivity contribution in [1.82, 2.24) is 9.80 Å². The molecular weight excluding hydrogens is 272 g/mol. The van der Waals surface area contributed by atoms with Gasteiger partial charge in [-0.05, 0) is 38.4 Å². The molecule has 0 aromatic rings. The van der Waals surface area contributed by atoms with E-state index in [1.165, 1.54) is 0 Å². The first kappa shape index (κ1) is 16.2. The number of aliphatic hydroxyl groups is 1. The van der Waals surface area contributed by atoms with E-state index in [1.807, 2.05) is 13.8 Å². The molecular formula is C15H26N2O4. The van der Waals surface area contributed by atoms with Crippen molar-refractivity contribution in [3.63, 3.8) is 0 Å². The highest BCUT2D eigenvalue weighted by Gasteiger charge is 2.66. The standard InChI is InChI=1S/C15H26N2O4/c1-15(2)11(12(15)14(20)21)13(19)17(8-9-18)10-4-6-16(3)7-5-10/h10-12,18H,4-9H2,1-3H3,(H,20,21)/t11-,12+/m1/s1. The van der Waals surface area contributed by atoms with Crippen molar-refractivity contribution in [3.8, 4) is 0 Å². The van der Waals surface area contributed by atoms with Crippen molar-refractivity contribution in [1.29, 1.82) is 0 Å². The molecule has 21 heavy (non-hydrogen) atoms. The number of hydrogen-bond donors (Lipinski definition) is 2. The lowest BCUT2D eigenvalue weighted by atomic mass is 10.0. The molecule has 1 aliphatic carbocycles. The minimum atomic E-state index is -0.898. The molecule has 2 aliphatic rings. The quantitative estimate of drug-likeness (QED) is 0.761. The summed E-state index contributed by atoms with van der Waals surface area (Å²) in [5.41, 5.74) is -0.484. The SMILES string of the molecule is CN1CCC(N(CCO)C(=O)[C@H]2[C@@H](C(=O)O)C2(C)C)CC1. The minimum absolute atomic E-state index is 0.0804. The van der Waals surface area contributed by atoms with Crippen molar-refractivity contribution < 1.29 is 19.8 Å². The summed E-state index contributed by atoms with van der Waals surface area (Å²) in [7, 11) is 2.05. The van der Waals surface area contributed by atoms with E-state index < -0.39 is 23.2 Å². The lowest BCUT2D eigenvalue weighted by molar-refractivity contribution is -0.143. The molecule has 0 radical (unpaired) electrons. The highest BCUT2D eigenvalue weighted by molar-refractivity contribution is 5.91. The molecule has 0 spiro atoms. The van der Waals surface area contributed by atoms with Crippen molar-refractivity contribution >= 4 is 11.9 Å². The molecule has 2 rings (SSSR count). The molecule has 1 heterocycles. The van der Waals surface area contributed by atoms with E-state index in [0.29, 0.717) is 6.54 Å². The van der Waals surface area contributed by atoms with E-state index in [4.69, 9.17) is 0 Å². The van der Waals surface area contributed by atoms with Gasteiger partial charge in [0.2, 0.25) is 5.91 Å². The van der Waals surface area contributed by atoms with Gasteiger partial charge in [-0.3, -0.25) is 9.59 Å². The lowest BCUT2D eigenvalue weighted by Crippen LogP contribution is -2.48. The minimum Gasteiger partial charge on any atom is -0.481 e. The van der Waals surface area contributed by atoms with E-state index in [-0.39, 0.29) is 18.6 Å². The number of piperidine rings is 1. The predicted octanol–water partition coefficient (Wildman–Crippen LogP) is 0.258. The number of aliphatic hydroxyl groups excluding tert-OH is 1. The molecule has 120 valence electrons. The van der Waals surface area contributed by atoms with Gasteiger partial charge in [0, 0.05) is 12.6 Å². The Hall–Kier alpha value is -1.14. The maximum Gasteiger partial charge on any atom is 0.307 e. The zero-order valence-electron chi connectivity index (χ0n) is 13.1. The van der Waals surface area contributed by atoms with Gasteiger partial charge in [0.25, 0.3) is 0 Å². The number of carboxylic acids is 1. The third kappa shape index (κ3) is 3.06. The average molecular weight is 298 g/mol. The van der Waals surface area contributed by atoms with Crippen LogP contribution in [-0.2, 0) is 9.59 Å². The largest absolute Gasteiger partial charge is 0.481 e. The second-order valence-electron chi connectivity index (χ2n) is 6.90. The van der Waals surface area contributed by atoms with Gasteiger partial charge >= 0.3 is 5.97 Å². The maximum atomic E-state index is 12.7. The summed E-state index contributed by atoms with van der Waals surface area (Å²) in [5, 5.41) is 18.5. The van der Waals surface area contributed by atoms with Crippen LogP contribution in [0.25, 0.3) is 0 Å². The van der Waals surface area contributed by atoms with Gasteiger partial charge in [-0.1, -0.05) is 13.8 Å². The van der Waals surface area contributed by atoms with E-state index in [1.54, 1.807) is 4.90 Å². The van der Waals surface area contributed by atoms with Crippen LogP contribution in [0.3, 0.4) is 0 Å². The molecule has 1 saturated carbocycles. The van der Waals surface area contributed by atoms with Crippen LogP contribution in [0.2, 0.25) is 0 Å². The summed E-state index contributed by atoms with van der Waals surface area (Å²) in [5.74, 6) is -2.06. The topological polar surface area (TPSA) is 81.1 Å². The Morgan fingerprint density at radius 1 is 1.24 bits per heavy atom. The number of nitrogens with zero attached hydrogens (tertiary/aromatic N) is 2. The monoisotopic (exact) mass is 298 g/mol. The molecule has 2 N–H and O–H groups in total. The zero-order chi connectivity index (χ0) is 15.8. The van der Waals surface area contributed by atoms with Crippen LogP contribution in [0.1, 0.15) is 26.7 Å². The van der Waals surface area contributed by atoms with Crippen LogP contribution >= 0.6 is 0 Å². The molecule has 1 aliphatic heterocycles. The van der Waals surface area contributed by atoms with Crippen molar-refractivity contribution in [3.05, 3.63) is 0 Å². The van der Waals surface area contributed by atoms with Crippen molar-refractivity contribution in [2.24, 2.45) is 17.3 Å². The van der Waals surface area contributed by atoms with Gasteiger partial charge in [-0.25, -0.2) is 0 Å². The molecule has 0 unspecified atom stereocenters. The third-order valence-corrected chi connectivity index (χ3v) is 5.11. The summed E-state index contributed by atoms with van der Waals surface area (Å²) in [6, 6.07) is 0.117. The van der Waals surface area contributed by atoms with Gasteiger partial charge < -0.3 is 20.0 Å². The highest BCUT2D eigenvalue weighted by atomic mass is 16.4. The second kappa shape index (κ2) is 5.93. The molecule has 1 saturated heterocycles. The number of amides is 1. The zero-order valence-corrected chi connectivity index (χ0v) is 13.1. The number of hydrogen-bond acceptors (Lipinski definition) is 4. The molecule has 0 aromatic heterocycles. The summed E-state index contributed by atoms with van der Waals surface area (Å²) in [4.78, 5) is 28.0. The molecule has 0 bridgehead atoms. The van der Waals surface area contributed by atoms with Crippen molar-refractivity contribution in [2.75, 3.05) is 33.3 Å². The van der Waals surface area contributed by atoms with Crippen LogP contribution in [-0.4, -0.2) is 71.2 Å². The smallest absolute Gasteiger partial charge is 0.307 e. The maximum absolute atomic E-state index is 12.7. The number of aliphatic carboxylic acids is 1. The summed E-state index contributed by atoms with van der Waals surface area (Å²) in [6.07, 6.45) is 1.76. The molecule has 0 aromatic carbocycles. The van der Waals surface area contributed by atoms with Gasteiger partial charge in [0.1, 0.15) is 0 Å². The Kier molecular flexibility index (Phi) is 4.58. The number of carbonyl (C=O) groups is 2. The Balaban J connectivity index is 2.08. The first-order valence-corrected chi connectivity index (χ1v) is 7.63. The Bertz CT molecular complexity index is 416. The van der Waals surface area contributed by atoms with Crippen LogP contribution in [0.4, 0.5) is 0 Å². The fourth-order valence-electron chi connectivity index (χ4n) is 3.63. The normalized spacial score (nSPS) is 29.1. The first-order chi connectivity index (χ1) is 9.80. The van der Waals surface area contributed by atoms with E-state index in [9.17, 15) is 19.8 Å². The van der Waals surface area contributed by atoms with E-state index in [2.05, 4.69) is 11.9 Å². The fraction of sp³-hybridized carbons (Fsp3) is 0.867. The fourth-order valence-corrected chi connectivity index (χ4v) is 3.63. The van der Waals surface area contributed by atoms with Crippen molar-refractivity contribution in [2.45, 2.75) is 32.7 Å². The highest BCUT2D eigenvalue weighted by Crippen LogP contribution is 2.59. The second-order valence-corrected chi connectivity index (χ2v) is 6.90. The summed E-state index contributed by atoms with van der Waals surface area (Å²) in [6.45, 7) is 5.74.